The normalized spacial score (nSPS) is 28.0. The largest absolute Gasteiger partial charge is 0.386 e. The Kier molecular flexibility index (Phi) is 4.17. The van der Waals surface area contributed by atoms with Gasteiger partial charge in [0, 0.05) is 23.6 Å². The molecule has 1 atom stereocenters. The highest BCUT2D eigenvalue weighted by atomic mass is 79.9. The topological polar surface area (TPSA) is 75.8 Å². The van der Waals surface area contributed by atoms with E-state index in [9.17, 15) is 12.8 Å². The summed E-state index contributed by atoms with van der Waals surface area (Å²) in [6, 6.07) is 4.50. The smallest absolute Gasteiger partial charge is 0.226 e. The first-order valence-corrected chi connectivity index (χ1v) is 8.92. The van der Waals surface area contributed by atoms with E-state index in [1.54, 1.807) is 19.1 Å². The van der Waals surface area contributed by atoms with Crippen LogP contribution in [-0.2, 0) is 15.6 Å². The molecule has 1 aliphatic rings. The number of nitrogens with zero attached hydrogens (tertiary/aromatic N) is 2. The third-order valence-corrected chi connectivity index (χ3v) is 7.02. The third-order valence-electron chi connectivity index (χ3n) is 4.08. The average molecular weight is 392 g/mol. The fourth-order valence-electron chi connectivity index (χ4n) is 2.53. The van der Waals surface area contributed by atoms with Crippen LogP contribution in [0.4, 0.5) is 4.39 Å². The molecule has 0 unspecified atom stereocenters. The van der Waals surface area contributed by atoms with Gasteiger partial charge >= 0.3 is 0 Å². The number of sulfonamides is 1. The molecule has 8 heteroatoms. The van der Waals surface area contributed by atoms with Crippen molar-refractivity contribution >= 4 is 31.8 Å². The number of nitrogens with two attached hydrogens (primary N) is 1. The second kappa shape index (κ2) is 5.28. The van der Waals surface area contributed by atoms with E-state index in [4.69, 9.17) is 5.73 Å². The van der Waals surface area contributed by atoms with Crippen molar-refractivity contribution in [2.45, 2.75) is 31.1 Å². The van der Waals surface area contributed by atoms with E-state index in [0.717, 1.165) is 0 Å². The van der Waals surface area contributed by atoms with Crippen molar-refractivity contribution in [2.24, 2.45) is 10.7 Å². The fraction of sp³-hybridized carbons (Fsp3) is 0.500. The molecule has 0 fully saturated rings. The second-order valence-electron chi connectivity index (χ2n) is 6.17. The molecule has 2 rings (SSSR count). The van der Waals surface area contributed by atoms with E-state index in [2.05, 4.69) is 20.9 Å². The Hall–Kier alpha value is -0.990. The molecule has 1 aliphatic heterocycles. The van der Waals surface area contributed by atoms with Gasteiger partial charge in [0.05, 0.1) is 0 Å². The van der Waals surface area contributed by atoms with Gasteiger partial charge in [-0.15, -0.1) is 0 Å². The lowest BCUT2D eigenvalue weighted by Gasteiger charge is -2.29. The minimum Gasteiger partial charge on any atom is -0.386 e. The van der Waals surface area contributed by atoms with E-state index >= 15 is 0 Å². The lowest BCUT2D eigenvalue weighted by molar-refractivity contribution is 0.354. The lowest BCUT2D eigenvalue weighted by atomic mass is 9.91. The summed E-state index contributed by atoms with van der Waals surface area (Å²) < 4.78 is 40.0. The number of halogens is 2. The van der Waals surface area contributed by atoms with Crippen molar-refractivity contribution in [2.75, 3.05) is 13.6 Å². The Morgan fingerprint density at radius 3 is 2.55 bits per heavy atom. The molecule has 0 radical (unpaired) electrons. The summed E-state index contributed by atoms with van der Waals surface area (Å²) in [4.78, 5) is 4.39. The molecule has 22 heavy (non-hydrogen) atoms. The van der Waals surface area contributed by atoms with Gasteiger partial charge in [-0.05, 0) is 39.0 Å². The van der Waals surface area contributed by atoms with Gasteiger partial charge in [0.2, 0.25) is 10.0 Å². The first kappa shape index (κ1) is 17.4. The Bertz CT molecular complexity index is 748. The van der Waals surface area contributed by atoms with Crippen LogP contribution < -0.4 is 5.73 Å². The van der Waals surface area contributed by atoms with Gasteiger partial charge in [-0.2, -0.15) is 0 Å². The summed E-state index contributed by atoms with van der Waals surface area (Å²) >= 11 is 3.30. The highest BCUT2D eigenvalue weighted by Gasteiger charge is 2.48. The van der Waals surface area contributed by atoms with E-state index < -0.39 is 26.1 Å². The van der Waals surface area contributed by atoms with Crippen molar-refractivity contribution in [3.05, 3.63) is 34.1 Å². The number of aliphatic imine (C=N–C) groups is 1. The van der Waals surface area contributed by atoms with E-state index in [1.165, 1.54) is 31.3 Å². The number of amidine groups is 1. The summed E-state index contributed by atoms with van der Waals surface area (Å²) in [6.45, 7) is 4.69. The third kappa shape index (κ3) is 2.57. The minimum absolute atomic E-state index is 0.00678. The van der Waals surface area contributed by atoms with Crippen LogP contribution in [-0.4, -0.2) is 36.9 Å². The number of likely N-dealkylation sites (N-methyl/N-ethyl adjacent to an activating group) is 1. The molecule has 1 heterocycles. The van der Waals surface area contributed by atoms with Crippen molar-refractivity contribution < 1.29 is 12.8 Å². The Balaban J connectivity index is 2.71. The molecule has 2 N–H and O–H groups in total. The predicted octanol–water partition coefficient (Wildman–Crippen LogP) is 2.21. The van der Waals surface area contributed by atoms with Crippen LogP contribution in [0, 0.1) is 5.82 Å². The zero-order chi connectivity index (χ0) is 16.9. The molecule has 5 nitrogen and oxygen atoms in total. The molecule has 0 aromatic heterocycles. The van der Waals surface area contributed by atoms with Gasteiger partial charge < -0.3 is 5.73 Å². The Morgan fingerprint density at radius 1 is 1.36 bits per heavy atom. The molecule has 0 saturated heterocycles. The van der Waals surface area contributed by atoms with Gasteiger partial charge in [-0.25, -0.2) is 17.1 Å². The van der Waals surface area contributed by atoms with Crippen molar-refractivity contribution in [1.29, 1.82) is 0 Å². The maximum absolute atomic E-state index is 14.3. The fourth-order valence-corrected chi connectivity index (χ4v) is 4.40. The highest BCUT2D eigenvalue weighted by Crippen LogP contribution is 2.36. The molecule has 1 aromatic carbocycles. The molecule has 0 saturated carbocycles. The molecular weight excluding hydrogens is 373 g/mol. The van der Waals surface area contributed by atoms with Crippen LogP contribution in [0.5, 0.6) is 0 Å². The average Bonchev–Trinajstić information content (AvgIpc) is 2.43. The van der Waals surface area contributed by atoms with Crippen LogP contribution >= 0.6 is 15.9 Å². The van der Waals surface area contributed by atoms with Crippen LogP contribution in [0.15, 0.2) is 27.7 Å². The van der Waals surface area contributed by atoms with Crippen molar-refractivity contribution in [3.8, 4) is 0 Å². The molecular formula is C14H19BrFN3O2S. The van der Waals surface area contributed by atoms with Crippen LogP contribution in [0.3, 0.4) is 0 Å². The zero-order valence-electron chi connectivity index (χ0n) is 12.9. The summed E-state index contributed by atoms with van der Waals surface area (Å²) in [7, 11) is -2.23. The molecule has 122 valence electrons. The molecule has 0 aliphatic carbocycles. The maximum Gasteiger partial charge on any atom is 0.226 e. The highest BCUT2D eigenvalue weighted by molar-refractivity contribution is 9.10. The summed E-state index contributed by atoms with van der Waals surface area (Å²) in [5, 5.41) is 0. The summed E-state index contributed by atoms with van der Waals surface area (Å²) in [6.07, 6.45) is 0. The first-order valence-electron chi connectivity index (χ1n) is 6.69. The number of benzene rings is 1. The molecule has 0 bridgehead atoms. The van der Waals surface area contributed by atoms with Crippen molar-refractivity contribution in [1.82, 2.24) is 4.31 Å². The lowest BCUT2D eigenvalue weighted by Crippen LogP contribution is -2.50. The second-order valence-corrected chi connectivity index (χ2v) is 9.68. The van der Waals surface area contributed by atoms with Crippen LogP contribution in [0.2, 0.25) is 0 Å². The Labute approximate surface area is 138 Å². The Morgan fingerprint density at radius 2 is 1.95 bits per heavy atom. The maximum atomic E-state index is 14.3. The number of rotatable bonds is 1. The zero-order valence-corrected chi connectivity index (χ0v) is 15.3. The SMILES string of the molecule is CN1C[C@@](C)(c2cc(Br)ccc2F)N=C(N)C(C)(C)S1(=O)=O. The molecule has 0 amide bonds. The monoisotopic (exact) mass is 391 g/mol. The molecule has 0 spiro atoms. The quantitative estimate of drug-likeness (QED) is 0.796. The predicted molar refractivity (Wildman–Crippen MR) is 88.7 cm³/mol. The van der Waals surface area contributed by atoms with Gasteiger partial charge in [-0.3, -0.25) is 4.99 Å². The number of hydrogen-bond acceptors (Lipinski definition) is 4. The van der Waals surface area contributed by atoms with Crippen molar-refractivity contribution in [3.63, 3.8) is 0 Å². The van der Waals surface area contributed by atoms with Gasteiger partial charge in [-0.1, -0.05) is 15.9 Å². The van der Waals surface area contributed by atoms with Gasteiger partial charge in [0.15, 0.2) is 0 Å². The standard InChI is InChI=1S/C14H19BrFN3O2S/c1-13(2)12(17)18-14(3,8-19(4)22(13,20)21)10-7-9(15)5-6-11(10)16/h5-7H,8H2,1-4H3,(H2,17,18)/t14-/m0/s1. The number of hydrogen-bond donors (Lipinski definition) is 1. The van der Waals surface area contributed by atoms with E-state index in [0.29, 0.717) is 10.0 Å². The van der Waals surface area contributed by atoms with Crippen LogP contribution in [0.25, 0.3) is 0 Å². The van der Waals surface area contributed by atoms with Gasteiger partial charge in [0.25, 0.3) is 0 Å². The minimum atomic E-state index is -3.68. The first-order chi connectivity index (χ1) is 9.92. The molecule has 1 aromatic rings. The van der Waals surface area contributed by atoms with E-state index in [1.807, 2.05) is 0 Å². The summed E-state index contributed by atoms with van der Waals surface area (Å²) in [5.41, 5.74) is 5.15. The van der Waals surface area contributed by atoms with E-state index in [-0.39, 0.29) is 12.4 Å². The summed E-state index contributed by atoms with van der Waals surface area (Å²) in [5.74, 6) is -0.480. The van der Waals surface area contributed by atoms with Gasteiger partial charge in [0.1, 0.15) is 21.9 Å². The van der Waals surface area contributed by atoms with Crippen LogP contribution in [0.1, 0.15) is 26.3 Å².